The number of terminal acetylenes is 1. The zero-order chi connectivity index (χ0) is 17.8. The van der Waals surface area contributed by atoms with E-state index in [1.54, 1.807) is 49.6 Å². The first-order valence-electron chi connectivity index (χ1n) is 7.47. The molecule has 0 atom stereocenters. The normalized spacial score (nSPS) is 10.3. The van der Waals surface area contributed by atoms with Gasteiger partial charge in [0.1, 0.15) is 5.03 Å². The fourth-order valence-corrected chi connectivity index (χ4v) is 2.97. The third kappa shape index (κ3) is 3.57. The predicted molar refractivity (Wildman–Crippen MR) is 98.6 cm³/mol. The molecule has 6 heteroatoms. The van der Waals surface area contributed by atoms with E-state index in [0.29, 0.717) is 39.1 Å². The third-order valence-electron chi connectivity index (χ3n) is 3.51. The number of nitrogens with one attached hydrogen (secondary N) is 1. The lowest BCUT2D eigenvalue weighted by Gasteiger charge is -2.12. The molecule has 0 spiro atoms. The largest absolute Gasteiger partial charge is 0.461 e. The number of carbonyl (C=O) groups is 1. The van der Waals surface area contributed by atoms with Crippen molar-refractivity contribution >= 4 is 23.4 Å². The molecule has 0 fully saturated rings. The van der Waals surface area contributed by atoms with Crippen LogP contribution in [0.4, 0.5) is 5.69 Å². The Labute approximate surface area is 149 Å². The van der Waals surface area contributed by atoms with Gasteiger partial charge >= 0.3 is 0 Å². The highest BCUT2D eigenvalue weighted by atomic mass is 32.2. The zero-order valence-corrected chi connectivity index (χ0v) is 14.6. The predicted octanol–water partition coefficient (Wildman–Crippen LogP) is 4.00. The molecule has 0 saturated carbocycles. The highest BCUT2D eigenvalue weighted by molar-refractivity contribution is 7.98. The van der Waals surface area contributed by atoms with Gasteiger partial charge in [0.2, 0.25) is 0 Å². The molecule has 1 N–H and O–H groups in total. The summed E-state index contributed by atoms with van der Waals surface area (Å²) in [6, 6.07) is 10.7. The van der Waals surface area contributed by atoms with Crippen LogP contribution < -0.4 is 5.32 Å². The van der Waals surface area contributed by atoms with E-state index in [1.165, 1.54) is 11.8 Å². The molecule has 0 aliphatic heterocycles. The van der Waals surface area contributed by atoms with E-state index in [1.807, 2.05) is 6.26 Å². The number of hydrogen-bond acceptors (Lipinski definition) is 5. The number of amides is 1. The van der Waals surface area contributed by atoms with Gasteiger partial charge in [0.25, 0.3) is 5.91 Å². The van der Waals surface area contributed by atoms with Crippen molar-refractivity contribution in [2.24, 2.45) is 0 Å². The Morgan fingerprint density at radius 1 is 1.28 bits per heavy atom. The highest BCUT2D eigenvalue weighted by Gasteiger charge is 2.20. The molecule has 0 aliphatic carbocycles. The molecule has 3 aromatic rings. The molecule has 1 amide bonds. The minimum absolute atomic E-state index is 0.276. The van der Waals surface area contributed by atoms with Gasteiger partial charge in [-0.1, -0.05) is 12.0 Å². The van der Waals surface area contributed by atoms with Crippen molar-refractivity contribution in [2.45, 2.75) is 11.9 Å². The second-order valence-corrected chi connectivity index (χ2v) is 5.97. The molecule has 0 bridgehead atoms. The first kappa shape index (κ1) is 16.8. The quantitative estimate of drug-likeness (QED) is 0.438. The van der Waals surface area contributed by atoms with Crippen molar-refractivity contribution in [3.8, 4) is 23.9 Å². The fourth-order valence-electron chi connectivity index (χ4n) is 2.35. The lowest BCUT2D eigenvalue weighted by Crippen LogP contribution is -2.17. The Balaban J connectivity index is 1.95. The summed E-state index contributed by atoms with van der Waals surface area (Å²) in [6.07, 6.45) is 8.82. The van der Waals surface area contributed by atoms with Gasteiger partial charge in [-0.2, -0.15) is 0 Å². The van der Waals surface area contributed by atoms with Gasteiger partial charge in [0.15, 0.2) is 11.6 Å². The van der Waals surface area contributed by atoms with E-state index in [2.05, 4.69) is 21.2 Å². The van der Waals surface area contributed by atoms with Crippen molar-refractivity contribution in [1.82, 2.24) is 9.97 Å². The number of rotatable bonds is 4. The lowest BCUT2D eigenvalue weighted by molar-refractivity contribution is 0.102. The van der Waals surface area contributed by atoms with Crippen LogP contribution in [0.25, 0.3) is 11.6 Å². The molecule has 2 heterocycles. The van der Waals surface area contributed by atoms with Crippen LogP contribution in [0.15, 0.2) is 52.1 Å². The van der Waals surface area contributed by atoms with Crippen LogP contribution in [0, 0.1) is 19.3 Å². The molecule has 0 aliphatic rings. The second kappa shape index (κ2) is 7.24. The van der Waals surface area contributed by atoms with Crippen molar-refractivity contribution in [3.63, 3.8) is 0 Å². The van der Waals surface area contributed by atoms with Crippen LogP contribution in [0.2, 0.25) is 0 Å². The third-order valence-corrected chi connectivity index (χ3v) is 4.19. The zero-order valence-electron chi connectivity index (χ0n) is 13.7. The van der Waals surface area contributed by atoms with Crippen LogP contribution in [0.5, 0.6) is 0 Å². The molecular weight excluding hydrogens is 334 g/mol. The Morgan fingerprint density at radius 3 is 2.80 bits per heavy atom. The van der Waals surface area contributed by atoms with Gasteiger partial charge in [0, 0.05) is 11.3 Å². The smallest absolute Gasteiger partial charge is 0.260 e. The molecule has 0 saturated heterocycles. The summed E-state index contributed by atoms with van der Waals surface area (Å²) in [7, 11) is 0. The molecule has 2 aromatic heterocycles. The fraction of sp³-hybridized carbons (Fsp3) is 0.105. The summed E-state index contributed by atoms with van der Waals surface area (Å²) in [5.74, 6) is 3.29. The number of carbonyl (C=O) groups excluding carboxylic acids is 1. The Morgan fingerprint density at radius 2 is 2.12 bits per heavy atom. The van der Waals surface area contributed by atoms with E-state index in [4.69, 9.17) is 10.8 Å². The lowest BCUT2D eigenvalue weighted by atomic mass is 10.2. The topological polar surface area (TPSA) is 68.0 Å². The first-order chi connectivity index (χ1) is 12.1. The van der Waals surface area contributed by atoms with Gasteiger partial charge in [-0.15, -0.1) is 18.2 Å². The van der Waals surface area contributed by atoms with Gasteiger partial charge in [-0.05, 0) is 43.5 Å². The summed E-state index contributed by atoms with van der Waals surface area (Å²) >= 11 is 1.38. The van der Waals surface area contributed by atoms with Crippen molar-refractivity contribution in [3.05, 3.63) is 59.5 Å². The second-order valence-electron chi connectivity index (χ2n) is 5.17. The number of aromatic nitrogens is 2. The van der Waals surface area contributed by atoms with Crippen LogP contribution in [-0.4, -0.2) is 22.1 Å². The van der Waals surface area contributed by atoms with E-state index < -0.39 is 0 Å². The SMILES string of the molecule is C#Cc1cccc(NC(=O)c2c(C)nc(-c3ccco3)nc2SC)c1. The van der Waals surface area contributed by atoms with E-state index >= 15 is 0 Å². The average Bonchev–Trinajstić information content (AvgIpc) is 3.15. The van der Waals surface area contributed by atoms with Crippen molar-refractivity contribution in [2.75, 3.05) is 11.6 Å². The van der Waals surface area contributed by atoms with Gasteiger partial charge < -0.3 is 9.73 Å². The average molecular weight is 349 g/mol. The Hall–Kier alpha value is -3.04. The minimum atomic E-state index is -0.276. The number of thioether (sulfide) groups is 1. The summed E-state index contributed by atoms with van der Waals surface area (Å²) < 4.78 is 5.34. The van der Waals surface area contributed by atoms with Crippen LogP contribution in [-0.2, 0) is 0 Å². The van der Waals surface area contributed by atoms with Crippen molar-refractivity contribution < 1.29 is 9.21 Å². The van der Waals surface area contributed by atoms with E-state index in [9.17, 15) is 4.79 Å². The number of aryl methyl sites for hydroxylation is 1. The Bertz CT molecular complexity index is 959. The van der Waals surface area contributed by atoms with Gasteiger partial charge in [-0.3, -0.25) is 4.79 Å². The summed E-state index contributed by atoms with van der Waals surface area (Å²) in [5.41, 5.74) is 2.34. The maximum Gasteiger partial charge on any atom is 0.260 e. The molecule has 1 aromatic carbocycles. The monoisotopic (exact) mass is 349 g/mol. The summed E-state index contributed by atoms with van der Waals surface area (Å²) in [4.78, 5) is 21.6. The van der Waals surface area contributed by atoms with E-state index in [-0.39, 0.29) is 5.91 Å². The number of benzene rings is 1. The maximum absolute atomic E-state index is 12.7. The standard InChI is InChI=1S/C19H15N3O2S/c1-4-13-7-5-8-14(11-13)21-18(23)16-12(2)20-17(22-19(16)25-3)15-9-6-10-24-15/h1,5-11H,2-3H3,(H,21,23). The van der Waals surface area contributed by atoms with Crippen molar-refractivity contribution in [1.29, 1.82) is 0 Å². The van der Waals surface area contributed by atoms with E-state index in [0.717, 1.165) is 0 Å². The minimum Gasteiger partial charge on any atom is -0.461 e. The van der Waals surface area contributed by atoms with Crippen LogP contribution in [0.3, 0.4) is 0 Å². The maximum atomic E-state index is 12.7. The molecule has 3 rings (SSSR count). The summed E-state index contributed by atoms with van der Waals surface area (Å²) in [5, 5.41) is 3.44. The highest BCUT2D eigenvalue weighted by Crippen LogP contribution is 2.26. The first-order valence-corrected chi connectivity index (χ1v) is 8.69. The number of furan rings is 1. The van der Waals surface area contributed by atoms with Gasteiger partial charge in [0.05, 0.1) is 17.5 Å². The number of nitrogens with zero attached hydrogens (tertiary/aromatic N) is 2. The molecular formula is C19H15N3O2S. The van der Waals surface area contributed by atoms with Crippen LogP contribution in [0.1, 0.15) is 21.6 Å². The van der Waals surface area contributed by atoms with Gasteiger partial charge in [-0.25, -0.2) is 9.97 Å². The number of hydrogen-bond donors (Lipinski definition) is 1. The molecule has 25 heavy (non-hydrogen) atoms. The summed E-state index contributed by atoms with van der Waals surface area (Å²) in [6.45, 7) is 1.78. The molecule has 5 nitrogen and oxygen atoms in total. The molecule has 0 unspecified atom stereocenters. The number of anilines is 1. The molecule has 0 radical (unpaired) electrons. The van der Waals surface area contributed by atoms with Crippen LogP contribution >= 0.6 is 11.8 Å². The molecule has 124 valence electrons. The Kier molecular flexibility index (Phi) is 4.87.